The first-order chi connectivity index (χ1) is 10.6. The molecule has 0 heterocycles. The van der Waals surface area contributed by atoms with Gasteiger partial charge in [-0.3, -0.25) is 0 Å². The first-order valence-corrected chi connectivity index (χ1v) is 14.5. The third-order valence-electron chi connectivity index (χ3n) is 5.48. The quantitative estimate of drug-likeness (QED) is 0.653. The molecule has 0 aromatic heterocycles. The number of aliphatic hydroxyl groups excluding tert-OH is 1. The number of benzene rings is 1. The zero-order valence-electron chi connectivity index (χ0n) is 17.2. The Labute approximate surface area is 150 Å². The lowest BCUT2D eigenvalue weighted by molar-refractivity contribution is 0.281. The summed E-state index contributed by atoms with van der Waals surface area (Å²) in [6.07, 6.45) is 0. The molecule has 1 rings (SSSR count). The maximum Gasteiger partial charge on any atom is 0.250 e. The van der Waals surface area contributed by atoms with Gasteiger partial charge in [-0.2, -0.15) is 0 Å². The highest BCUT2D eigenvalue weighted by Crippen LogP contribution is 2.40. The molecule has 1 aromatic rings. The van der Waals surface area contributed by atoms with Crippen molar-refractivity contribution in [3.05, 3.63) is 23.8 Å². The molecule has 1 N–H and O–H groups in total. The lowest BCUT2D eigenvalue weighted by Crippen LogP contribution is -2.44. The molecular weight excluding hydrogens is 332 g/mol. The van der Waals surface area contributed by atoms with Crippen molar-refractivity contribution in [2.75, 3.05) is 0 Å². The van der Waals surface area contributed by atoms with Crippen molar-refractivity contribution in [2.45, 2.75) is 84.4 Å². The predicted molar refractivity (Wildman–Crippen MR) is 108 cm³/mol. The Morgan fingerprint density at radius 1 is 0.750 bits per heavy atom. The molecule has 0 aliphatic heterocycles. The molecule has 0 amide bonds. The van der Waals surface area contributed by atoms with Crippen LogP contribution in [-0.4, -0.2) is 21.7 Å². The molecule has 0 bridgehead atoms. The first kappa shape index (κ1) is 21.3. The Hall–Kier alpha value is -0.786. The molecule has 5 heteroatoms. The summed E-state index contributed by atoms with van der Waals surface area (Å²) in [4.78, 5) is 0. The molecule has 0 saturated heterocycles. The molecule has 0 fully saturated rings. The molecule has 0 aliphatic rings. The molecule has 0 spiro atoms. The molecule has 0 unspecified atom stereocenters. The number of rotatable bonds is 5. The zero-order valence-corrected chi connectivity index (χ0v) is 19.2. The third kappa shape index (κ3) is 5.10. The van der Waals surface area contributed by atoms with E-state index in [2.05, 4.69) is 67.7 Å². The van der Waals surface area contributed by atoms with E-state index in [4.69, 9.17) is 8.85 Å². The lowest BCUT2D eigenvalue weighted by Gasteiger charge is -2.38. The highest BCUT2D eigenvalue weighted by atomic mass is 28.4. The van der Waals surface area contributed by atoms with Gasteiger partial charge in [0.2, 0.25) is 16.6 Å². The number of hydrogen-bond donors (Lipinski definition) is 1. The fourth-order valence-corrected chi connectivity index (χ4v) is 3.76. The highest BCUT2D eigenvalue weighted by Gasteiger charge is 2.40. The van der Waals surface area contributed by atoms with Gasteiger partial charge in [-0.1, -0.05) is 41.5 Å². The van der Waals surface area contributed by atoms with Crippen LogP contribution in [0.5, 0.6) is 11.5 Å². The average Bonchev–Trinajstić information content (AvgIpc) is 2.34. The monoisotopic (exact) mass is 368 g/mol. The van der Waals surface area contributed by atoms with Crippen LogP contribution in [0.2, 0.25) is 36.3 Å². The molecule has 0 saturated carbocycles. The minimum Gasteiger partial charge on any atom is -0.543 e. The Kier molecular flexibility index (Phi) is 6.06. The van der Waals surface area contributed by atoms with Crippen LogP contribution in [0.3, 0.4) is 0 Å². The van der Waals surface area contributed by atoms with E-state index in [1.54, 1.807) is 0 Å². The molecule has 1 aromatic carbocycles. The molecule has 0 aliphatic carbocycles. The maximum absolute atomic E-state index is 9.61. The summed E-state index contributed by atoms with van der Waals surface area (Å²) in [5.74, 6) is 1.61. The minimum absolute atomic E-state index is 0.0113. The summed E-state index contributed by atoms with van der Waals surface area (Å²) in [6.45, 7) is 22.3. The van der Waals surface area contributed by atoms with Gasteiger partial charge in [0, 0.05) is 6.07 Å². The van der Waals surface area contributed by atoms with E-state index >= 15 is 0 Å². The van der Waals surface area contributed by atoms with Crippen LogP contribution in [0.15, 0.2) is 18.2 Å². The molecule has 0 radical (unpaired) electrons. The van der Waals surface area contributed by atoms with E-state index in [9.17, 15) is 5.11 Å². The second kappa shape index (κ2) is 6.85. The molecular formula is C19H36O3Si2. The highest BCUT2D eigenvalue weighted by molar-refractivity contribution is 6.75. The van der Waals surface area contributed by atoms with Crippen LogP contribution < -0.4 is 8.85 Å². The van der Waals surface area contributed by atoms with Crippen molar-refractivity contribution in [1.82, 2.24) is 0 Å². The molecule has 0 atom stereocenters. The summed E-state index contributed by atoms with van der Waals surface area (Å²) < 4.78 is 12.8. The van der Waals surface area contributed by atoms with Crippen molar-refractivity contribution in [3.63, 3.8) is 0 Å². The first-order valence-electron chi connectivity index (χ1n) is 8.72. The fourth-order valence-electron chi connectivity index (χ4n) is 1.74. The Bertz CT molecular complexity index is 521. The number of hydrogen-bond acceptors (Lipinski definition) is 3. The minimum atomic E-state index is -1.93. The topological polar surface area (TPSA) is 38.7 Å². The largest absolute Gasteiger partial charge is 0.543 e. The van der Waals surface area contributed by atoms with Gasteiger partial charge in [-0.15, -0.1) is 0 Å². The van der Waals surface area contributed by atoms with Crippen LogP contribution in [0.25, 0.3) is 0 Å². The van der Waals surface area contributed by atoms with Gasteiger partial charge in [0.1, 0.15) is 11.5 Å². The van der Waals surface area contributed by atoms with Gasteiger partial charge in [-0.25, -0.2) is 0 Å². The molecule has 3 nitrogen and oxygen atoms in total. The Morgan fingerprint density at radius 3 is 1.33 bits per heavy atom. The van der Waals surface area contributed by atoms with Gasteiger partial charge in [-0.05, 0) is 54.0 Å². The van der Waals surface area contributed by atoms with Crippen LogP contribution >= 0.6 is 0 Å². The molecule has 24 heavy (non-hydrogen) atoms. The van der Waals surface area contributed by atoms with Crippen molar-refractivity contribution in [3.8, 4) is 11.5 Å². The Balaban J connectivity index is 3.18. The predicted octanol–water partition coefficient (Wildman–Crippen LogP) is 5.95. The van der Waals surface area contributed by atoms with E-state index in [1.807, 2.05) is 18.2 Å². The summed E-state index contributed by atoms with van der Waals surface area (Å²) in [7, 11) is -3.85. The Morgan fingerprint density at radius 2 is 1.08 bits per heavy atom. The standard InChI is InChI=1S/C19H36O3Si2/c1-18(2,3)23(7,8)21-16-11-15(14-20)12-17(13-16)22-24(9,10)19(4,5)6/h11-13,20H,14H2,1-10H3. The smallest absolute Gasteiger partial charge is 0.250 e. The van der Waals surface area contributed by atoms with Gasteiger partial charge >= 0.3 is 0 Å². The van der Waals surface area contributed by atoms with Crippen LogP contribution in [0, 0.1) is 0 Å². The second-order valence-electron chi connectivity index (χ2n) is 9.70. The van der Waals surface area contributed by atoms with Gasteiger partial charge in [0.15, 0.2) is 0 Å². The van der Waals surface area contributed by atoms with Crippen molar-refractivity contribution < 1.29 is 14.0 Å². The van der Waals surface area contributed by atoms with E-state index in [0.717, 1.165) is 17.1 Å². The van der Waals surface area contributed by atoms with Crippen molar-refractivity contribution >= 4 is 16.6 Å². The normalized spacial score (nSPS) is 13.8. The lowest BCUT2D eigenvalue weighted by atomic mass is 10.2. The fraction of sp³-hybridized carbons (Fsp3) is 0.684. The van der Waals surface area contributed by atoms with Gasteiger partial charge < -0.3 is 14.0 Å². The van der Waals surface area contributed by atoms with Crippen LogP contribution in [0.1, 0.15) is 47.1 Å². The van der Waals surface area contributed by atoms with E-state index in [1.165, 1.54) is 0 Å². The maximum atomic E-state index is 9.61. The van der Waals surface area contributed by atoms with Crippen molar-refractivity contribution in [1.29, 1.82) is 0 Å². The third-order valence-corrected chi connectivity index (χ3v) is 14.2. The number of aliphatic hydroxyl groups is 1. The summed E-state index contributed by atoms with van der Waals surface area (Å²) in [5.41, 5.74) is 0.833. The van der Waals surface area contributed by atoms with E-state index in [-0.39, 0.29) is 16.7 Å². The SMILES string of the molecule is CC(C)(C)[Si](C)(C)Oc1cc(CO)cc(O[Si](C)(C)C(C)(C)C)c1. The molecule has 138 valence electrons. The van der Waals surface area contributed by atoms with Crippen molar-refractivity contribution in [2.24, 2.45) is 0 Å². The van der Waals surface area contributed by atoms with E-state index < -0.39 is 16.6 Å². The zero-order chi connectivity index (χ0) is 19.0. The summed E-state index contributed by atoms with van der Waals surface area (Å²) in [5, 5.41) is 9.87. The summed E-state index contributed by atoms with van der Waals surface area (Å²) in [6, 6.07) is 5.85. The van der Waals surface area contributed by atoms with Gasteiger partial charge in [0.05, 0.1) is 6.61 Å². The van der Waals surface area contributed by atoms with Crippen LogP contribution in [0.4, 0.5) is 0 Å². The van der Waals surface area contributed by atoms with Crippen LogP contribution in [-0.2, 0) is 6.61 Å². The summed E-state index contributed by atoms with van der Waals surface area (Å²) >= 11 is 0. The average molecular weight is 369 g/mol. The second-order valence-corrected chi connectivity index (χ2v) is 19.1. The van der Waals surface area contributed by atoms with E-state index in [0.29, 0.717) is 0 Å². The van der Waals surface area contributed by atoms with Gasteiger partial charge in [0.25, 0.3) is 0 Å².